The molecule has 0 aliphatic carbocycles. The molecule has 96 valence electrons. The van der Waals surface area contributed by atoms with Gasteiger partial charge in [-0.15, -0.1) is 0 Å². The van der Waals surface area contributed by atoms with E-state index < -0.39 is 5.97 Å². The average Bonchev–Trinajstić information content (AvgIpc) is 2.46. The van der Waals surface area contributed by atoms with E-state index in [0.29, 0.717) is 5.56 Å². The highest BCUT2D eigenvalue weighted by atomic mass is 16.5. The monoisotopic (exact) mass is 254 g/mol. The molecule has 0 saturated carbocycles. The summed E-state index contributed by atoms with van der Waals surface area (Å²) in [5.41, 5.74) is 1.83. The lowest BCUT2D eigenvalue weighted by atomic mass is 10.1. The number of carbonyl (C=O) groups is 1. The summed E-state index contributed by atoms with van der Waals surface area (Å²) in [5.74, 6) is -0.316. The number of rotatable bonds is 4. The summed E-state index contributed by atoms with van der Waals surface area (Å²) in [6.07, 6.45) is 0. The van der Waals surface area contributed by atoms with Crippen LogP contribution >= 0.6 is 0 Å². The van der Waals surface area contributed by atoms with E-state index in [4.69, 9.17) is 4.74 Å². The molecule has 3 heteroatoms. The highest BCUT2D eigenvalue weighted by Crippen LogP contribution is 2.18. The Morgan fingerprint density at radius 1 is 1.05 bits per heavy atom. The number of phenolic OH excluding ortho intramolecular Hbond substituents is 1. The van der Waals surface area contributed by atoms with Crippen LogP contribution in [0.5, 0.6) is 5.75 Å². The van der Waals surface area contributed by atoms with E-state index in [-0.39, 0.29) is 17.9 Å². The third-order valence-electron chi connectivity index (χ3n) is 2.67. The molecule has 0 heterocycles. The van der Waals surface area contributed by atoms with Gasteiger partial charge in [-0.1, -0.05) is 49.0 Å². The van der Waals surface area contributed by atoms with Crippen LogP contribution in [0.15, 0.2) is 61.2 Å². The number of benzene rings is 2. The van der Waals surface area contributed by atoms with E-state index in [0.717, 1.165) is 5.56 Å². The predicted octanol–water partition coefficient (Wildman–Crippen LogP) is 3.15. The van der Waals surface area contributed by atoms with Crippen LogP contribution in [0.25, 0.3) is 5.57 Å². The van der Waals surface area contributed by atoms with Crippen LogP contribution in [0.1, 0.15) is 11.1 Å². The molecule has 2 aromatic carbocycles. The molecule has 0 aromatic heterocycles. The highest BCUT2D eigenvalue weighted by molar-refractivity contribution is 6.15. The fourth-order valence-corrected chi connectivity index (χ4v) is 1.59. The summed E-state index contributed by atoms with van der Waals surface area (Å²) < 4.78 is 5.17. The third kappa shape index (κ3) is 3.45. The zero-order valence-electron chi connectivity index (χ0n) is 10.4. The van der Waals surface area contributed by atoms with E-state index in [1.54, 1.807) is 12.1 Å². The fourth-order valence-electron chi connectivity index (χ4n) is 1.59. The van der Waals surface area contributed by atoms with Crippen LogP contribution in [0, 0.1) is 0 Å². The summed E-state index contributed by atoms with van der Waals surface area (Å²) in [5, 5.41) is 9.18. The Balaban J connectivity index is 1.96. The summed E-state index contributed by atoms with van der Waals surface area (Å²) in [6.45, 7) is 3.93. The number of phenols is 1. The number of aromatic hydroxyl groups is 1. The molecular weight excluding hydrogens is 240 g/mol. The van der Waals surface area contributed by atoms with Gasteiger partial charge in [0.15, 0.2) is 0 Å². The molecule has 0 unspecified atom stereocenters. The third-order valence-corrected chi connectivity index (χ3v) is 2.67. The van der Waals surface area contributed by atoms with Gasteiger partial charge in [0, 0.05) is 0 Å². The molecule has 19 heavy (non-hydrogen) atoms. The van der Waals surface area contributed by atoms with E-state index in [1.807, 2.05) is 30.3 Å². The Kier molecular flexibility index (Phi) is 3.98. The molecule has 1 N–H and O–H groups in total. The van der Waals surface area contributed by atoms with Crippen LogP contribution < -0.4 is 0 Å². The van der Waals surface area contributed by atoms with Crippen LogP contribution in [-0.4, -0.2) is 11.1 Å². The summed E-state index contributed by atoms with van der Waals surface area (Å²) in [4.78, 5) is 11.8. The number of hydrogen-bond donors (Lipinski definition) is 1. The molecule has 0 aliphatic rings. The van der Waals surface area contributed by atoms with E-state index in [9.17, 15) is 9.90 Å². The van der Waals surface area contributed by atoms with Gasteiger partial charge in [0.05, 0.1) is 5.57 Å². The van der Waals surface area contributed by atoms with Crippen LogP contribution in [-0.2, 0) is 16.1 Å². The average molecular weight is 254 g/mol. The summed E-state index contributed by atoms with van der Waals surface area (Å²) in [7, 11) is 0. The Morgan fingerprint density at radius 2 is 1.68 bits per heavy atom. The van der Waals surface area contributed by atoms with Crippen molar-refractivity contribution >= 4 is 11.5 Å². The Morgan fingerprint density at radius 3 is 2.32 bits per heavy atom. The largest absolute Gasteiger partial charge is 0.508 e. The Labute approximate surface area is 111 Å². The van der Waals surface area contributed by atoms with Gasteiger partial charge in [-0.3, -0.25) is 0 Å². The SMILES string of the molecule is C=C(C(=O)OCc1ccccc1)c1ccc(O)cc1. The number of hydrogen-bond acceptors (Lipinski definition) is 3. The molecule has 0 atom stereocenters. The van der Waals surface area contributed by atoms with Crippen LogP contribution in [0.2, 0.25) is 0 Å². The second-order valence-electron chi connectivity index (χ2n) is 4.09. The van der Waals surface area contributed by atoms with Crippen molar-refractivity contribution in [2.24, 2.45) is 0 Å². The van der Waals surface area contributed by atoms with Crippen molar-refractivity contribution < 1.29 is 14.6 Å². The highest BCUT2D eigenvalue weighted by Gasteiger charge is 2.11. The number of esters is 1. The summed E-state index contributed by atoms with van der Waals surface area (Å²) in [6, 6.07) is 15.7. The molecule has 0 radical (unpaired) electrons. The normalized spacial score (nSPS) is 9.89. The minimum Gasteiger partial charge on any atom is -0.508 e. The van der Waals surface area contributed by atoms with E-state index in [1.165, 1.54) is 12.1 Å². The molecule has 0 aliphatic heterocycles. The predicted molar refractivity (Wildman–Crippen MR) is 73.4 cm³/mol. The topological polar surface area (TPSA) is 46.5 Å². The second-order valence-corrected chi connectivity index (χ2v) is 4.09. The van der Waals surface area contributed by atoms with Gasteiger partial charge >= 0.3 is 5.97 Å². The number of carbonyl (C=O) groups excluding carboxylic acids is 1. The van der Waals surface area contributed by atoms with Crippen molar-refractivity contribution in [2.75, 3.05) is 0 Å². The Hall–Kier alpha value is -2.55. The van der Waals surface area contributed by atoms with Gasteiger partial charge < -0.3 is 9.84 Å². The second kappa shape index (κ2) is 5.87. The number of ether oxygens (including phenoxy) is 1. The van der Waals surface area contributed by atoms with Gasteiger partial charge in [0.1, 0.15) is 12.4 Å². The molecule has 2 aromatic rings. The molecular formula is C16H14O3. The smallest absolute Gasteiger partial charge is 0.338 e. The van der Waals surface area contributed by atoms with Gasteiger partial charge in [0.2, 0.25) is 0 Å². The van der Waals surface area contributed by atoms with Crippen molar-refractivity contribution in [3.63, 3.8) is 0 Å². The lowest BCUT2D eigenvalue weighted by molar-refractivity contribution is -0.137. The lowest BCUT2D eigenvalue weighted by Crippen LogP contribution is -2.06. The zero-order chi connectivity index (χ0) is 13.7. The standard InChI is InChI=1S/C16H14O3/c1-12(14-7-9-15(17)10-8-14)16(18)19-11-13-5-3-2-4-6-13/h2-10,17H,1,11H2. The van der Waals surface area contributed by atoms with Crippen molar-refractivity contribution in [1.29, 1.82) is 0 Å². The summed E-state index contributed by atoms with van der Waals surface area (Å²) >= 11 is 0. The molecule has 0 bridgehead atoms. The molecule has 3 nitrogen and oxygen atoms in total. The first-order valence-electron chi connectivity index (χ1n) is 5.86. The molecule has 0 spiro atoms. The van der Waals surface area contributed by atoms with Gasteiger partial charge in [-0.2, -0.15) is 0 Å². The first-order valence-corrected chi connectivity index (χ1v) is 5.86. The minimum absolute atomic E-state index is 0.147. The van der Waals surface area contributed by atoms with E-state index in [2.05, 4.69) is 6.58 Å². The molecule has 0 amide bonds. The maximum atomic E-state index is 11.8. The quantitative estimate of drug-likeness (QED) is 0.673. The maximum Gasteiger partial charge on any atom is 0.338 e. The van der Waals surface area contributed by atoms with Crippen molar-refractivity contribution in [3.8, 4) is 5.75 Å². The van der Waals surface area contributed by atoms with Crippen molar-refractivity contribution in [3.05, 3.63) is 72.3 Å². The Bertz CT molecular complexity index is 571. The maximum absolute atomic E-state index is 11.8. The first kappa shape index (κ1) is 12.9. The van der Waals surface area contributed by atoms with E-state index >= 15 is 0 Å². The minimum atomic E-state index is -0.463. The molecule has 2 rings (SSSR count). The fraction of sp³-hybridized carbons (Fsp3) is 0.0625. The van der Waals surface area contributed by atoms with Gasteiger partial charge in [0.25, 0.3) is 0 Å². The van der Waals surface area contributed by atoms with Gasteiger partial charge in [-0.05, 0) is 23.3 Å². The first-order chi connectivity index (χ1) is 9.16. The molecule has 0 fully saturated rings. The van der Waals surface area contributed by atoms with Crippen LogP contribution in [0.4, 0.5) is 0 Å². The van der Waals surface area contributed by atoms with Gasteiger partial charge in [-0.25, -0.2) is 4.79 Å². The zero-order valence-corrected chi connectivity index (χ0v) is 10.4. The van der Waals surface area contributed by atoms with Crippen LogP contribution in [0.3, 0.4) is 0 Å². The lowest BCUT2D eigenvalue weighted by Gasteiger charge is -2.07. The molecule has 0 saturated heterocycles. The van der Waals surface area contributed by atoms with Crippen molar-refractivity contribution in [2.45, 2.75) is 6.61 Å². The van der Waals surface area contributed by atoms with Crippen molar-refractivity contribution in [1.82, 2.24) is 0 Å².